The van der Waals surface area contributed by atoms with E-state index in [1.165, 1.54) is 38.8 Å². The third-order valence-electron chi connectivity index (χ3n) is 4.20. The van der Waals surface area contributed by atoms with E-state index in [9.17, 15) is 0 Å². The molecule has 0 aromatic rings. The van der Waals surface area contributed by atoms with Crippen LogP contribution in [0.3, 0.4) is 0 Å². The van der Waals surface area contributed by atoms with Gasteiger partial charge in [0.1, 0.15) is 0 Å². The van der Waals surface area contributed by atoms with Crippen LogP contribution in [0, 0.1) is 23.7 Å². The first-order valence-electron chi connectivity index (χ1n) is 5.99. The third-order valence-corrected chi connectivity index (χ3v) is 4.20. The van der Waals surface area contributed by atoms with E-state index in [0.717, 1.165) is 23.7 Å². The van der Waals surface area contributed by atoms with Crippen LogP contribution in [0.25, 0.3) is 0 Å². The van der Waals surface area contributed by atoms with Crippen molar-refractivity contribution < 1.29 is 0 Å². The van der Waals surface area contributed by atoms with Crippen molar-refractivity contribution in [1.29, 1.82) is 0 Å². The molecule has 2 unspecified atom stereocenters. The molecule has 0 aromatic carbocycles. The van der Waals surface area contributed by atoms with Crippen LogP contribution in [-0.4, -0.2) is 13.1 Å². The maximum absolute atomic E-state index is 3.55. The molecule has 1 aliphatic heterocycles. The van der Waals surface area contributed by atoms with Crippen molar-refractivity contribution in [3.8, 4) is 0 Å². The third kappa shape index (κ3) is 1.90. The van der Waals surface area contributed by atoms with Crippen molar-refractivity contribution in [3.63, 3.8) is 0 Å². The molecule has 0 radical (unpaired) electrons. The number of hydrogen-bond acceptors (Lipinski definition) is 1. The van der Waals surface area contributed by atoms with Crippen molar-refractivity contribution in [3.05, 3.63) is 0 Å². The highest BCUT2D eigenvalue weighted by atomic mass is 14.9. The lowest BCUT2D eigenvalue weighted by Crippen LogP contribution is -2.43. The molecule has 0 aromatic heterocycles. The minimum absolute atomic E-state index is 0.874. The molecule has 1 aliphatic carbocycles. The van der Waals surface area contributed by atoms with Gasteiger partial charge in [-0.05, 0) is 43.2 Å². The molecule has 2 rings (SSSR count). The Morgan fingerprint density at radius 3 is 2.46 bits per heavy atom. The topological polar surface area (TPSA) is 12.0 Å². The molecule has 0 bridgehead atoms. The minimum Gasteiger partial charge on any atom is -0.316 e. The normalized spacial score (nSPS) is 36.2. The largest absolute Gasteiger partial charge is 0.316 e. The van der Waals surface area contributed by atoms with E-state index in [1.54, 1.807) is 0 Å². The molecule has 13 heavy (non-hydrogen) atoms. The molecule has 2 atom stereocenters. The fourth-order valence-electron chi connectivity index (χ4n) is 3.09. The molecular weight excluding hydrogens is 158 g/mol. The summed E-state index contributed by atoms with van der Waals surface area (Å²) >= 11 is 0. The van der Waals surface area contributed by atoms with E-state index in [4.69, 9.17) is 0 Å². The average Bonchev–Trinajstić information content (AvgIpc) is 2.02. The molecule has 1 N–H and O–H groups in total. The summed E-state index contributed by atoms with van der Waals surface area (Å²) in [4.78, 5) is 0. The van der Waals surface area contributed by atoms with Crippen molar-refractivity contribution in [1.82, 2.24) is 5.32 Å². The van der Waals surface area contributed by atoms with Gasteiger partial charge in [-0.3, -0.25) is 0 Å². The summed E-state index contributed by atoms with van der Waals surface area (Å²) < 4.78 is 0. The lowest BCUT2D eigenvalue weighted by Gasteiger charge is -2.43. The molecule has 0 spiro atoms. The fraction of sp³-hybridized carbons (Fsp3) is 1.00. The van der Waals surface area contributed by atoms with Gasteiger partial charge in [0.2, 0.25) is 0 Å². The van der Waals surface area contributed by atoms with E-state index in [2.05, 4.69) is 19.2 Å². The second-order valence-corrected chi connectivity index (χ2v) is 5.26. The van der Waals surface area contributed by atoms with Crippen LogP contribution in [-0.2, 0) is 0 Å². The molecule has 1 heterocycles. The van der Waals surface area contributed by atoms with Gasteiger partial charge in [-0.25, -0.2) is 0 Å². The Morgan fingerprint density at radius 1 is 1.15 bits per heavy atom. The van der Waals surface area contributed by atoms with Crippen LogP contribution in [0.5, 0.6) is 0 Å². The smallest absolute Gasteiger partial charge is 0.00153 e. The monoisotopic (exact) mass is 181 g/mol. The lowest BCUT2D eigenvalue weighted by atomic mass is 9.65. The Labute approximate surface area is 82.3 Å². The zero-order chi connectivity index (χ0) is 9.26. The van der Waals surface area contributed by atoms with Gasteiger partial charge < -0.3 is 5.32 Å². The van der Waals surface area contributed by atoms with Crippen LogP contribution in [0.4, 0.5) is 0 Å². The zero-order valence-electron chi connectivity index (χ0n) is 9.05. The van der Waals surface area contributed by atoms with Crippen molar-refractivity contribution >= 4 is 0 Å². The number of piperidine rings is 1. The first kappa shape index (κ1) is 9.51. The standard InChI is InChI=1S/C12H23N/c1-9(2)12-8-13-7-6-11(12)10-4-3-5-10/h9-13H,3-8H2,1-2H3. The molecule has 1 nitrogen and oxygen atoms in total. The highest BCUT2D eigenvalue weighted by Gasteiger charge is 2.35. The summed E-state index contributed by atoms with van der Waals surface area (Å²) in [6, 6.07) is 0. The highest BCUT2D eigenvalue weighted by Crippen LogP contribution is 2.42. The predicted molar refractivity (Wildman–Crippen MR) is 56.6 cm³/mol. The maximum Gasteiger partial charge on any atom is -0.00153 e. The summed E-state index contributed by atoms with van der Waals surface area (Å²) in [7, 11) is 0. The number of rotatable bonds is 2. The van der Waals surface area contributed by atoms with Crippen molar-refractivity contribution in [2.24, 2.45) is 23.7 Å². The molecule has 1 saturated carbocycles. The SMILES string of the molecule is CC(C)C1CNCCC1C1CCC1. The summed E-state index contributed by atoms with van der Waals surface area (Å²) in [6.07, 6.45) is 5.98. The van der Waals surface area contributed by atoms with Crippen LogP contribution in [0.1, 0.15) is 39.5 Å². The van der Waals surface area contributed by atoms with Crippen molar-refractivity contribution in [2.75, 3.05) is 13.1 Å². The van der Waals surface area contributed by atoms with Crippen LogP contribution >= 0.6 is 0 Å². The fourth-order valence-corrected chi connectivity index (χ4v) is 3.09. The number of hydrogen-bond donors (Lipinski definition) is 1. The number of nitrogens with one attached hydrogen (secondary N) is 1. The van der Waals surface area contributed by atoms with E-state index < -0.39 is 0 Å². The summed E-state index contributed by atoms with van der Waals surface area (Å²) in [5.41, 5.74) is 0. The molecule has 1 heteroatoms. The minimum atomic E-state index is 0.874. The van der Waals surface area contributed by atoms with Gasteiger partial charge >= 0.3 is 0 Å². The highest BCUT2D eigenvalue weighted by molar-refractivity contribution is 4.87. The molecule has 76 valence electrons. The van der Waals surface area contributed by atoms with Crippen LogP contribution in [0.15, 0.2) is 0 Å². The van der Waals surface area contributed by atoms with Crippen LogP contribution in [0.2, 0.25) is 0 Å². The molecule has 0 amide bonds. The van der Waals surface area contributed by atoms with Gasteiger partial charge in [0, 0.05) is 0 Å². The summed E-state index contributed by atoms with van der Waals surface area (Å²) in [5, 5.41) is 3.55. The van der Waals surface area contributed by atoms with Gasteiger partial charge in [-0.15, -0.1) is 0 Å². The predicted octanol–water partition coefficient (Wildman–Crippen LogP) is 2.67. The van der Waals surface area contributed by atoms with Crippen molar-refractivity contribution in [2.45, 2.75) is 39.5 Å². The zero-order valence-corrected chi connectivity index (χ0v) is 9.05. The lowest BCUT2D eigenvalue weighted by molar-refractivity contribution is 0.0850. The maximum atomic E-state index is 3.55. The molecular formula is C12H23N. The molecule has 2 fully saturated rings. The first-order valence-corrected chi connectivity index (χ1v) is 5.99. The van der Waals surface area contributed by atoms with E-state index in [-0.39, 0.29) is 0 Å². The Morgan fingerprint density at radius 2 is 1.92 bits per heavy atom. The Hall–Kier alpha value is -0.0400. The first-order chi connectivity index (χ1) is 6.29. The Balaban J connectivity index is 1.95. The summed E-state index contributed by atoms with van der Waals surface area (Å²) in [6.45, 7) is 7.33. The Kier molecular flexibility index (Phi) is 2.92. The van der Waals surface area contributed by atoms with Gasteiger partial charge in [-0.1, -0.05) is 33.1 Å². The van der Waals surface area contributed by atoms with Gasteiger partial charge in [0.25, 0.3) is 0 Å². The van der Waals surface area contributed by atoms with E-state index in [0.29, 0.717) is 0 Å². The van der Waals surface area contributed by atoms with Gasteiger partial charge in [0.15, 0.2) is 0 Å². The van der Waals surface area contributed by atoms with E-state index in [1.807, 2.05) is 0 Å². The van der Waals surface area contributed by atoms with E-state index >= 15 is 0 Å². The summed E-state index contributed by atoms with van der Waals surface area (Å²) in [5.74, 6) is 3.97. The second-order valence-electron chi connectivity index (χ2n) is 5.26. The van der Waals surface area contributed by atoms with Gasteiger partial charge in [0.05, 0.1) is 0 Å². The van der Waals surface area contributed by atoms with Crippen LogP contribution < -0.4 is 5.32 Å². The molecule has 1 saturated heterocycles. The molecule has 2 aliphatic rings. The quantitative estimate of drug-likeness (QED) is 0.690. The average molecular weight is 181 g/mol. The Bertz CT molecular complexity index is 161. The second kappa shape index (κ2) is 4.00. The van der Waals surface area contributed by atoms with Gasteiger partial charge in [-0.2, -0.15) is 0 Å².